The number of hydrogen-bond acceptors (Lipinski definition) is 3. The fourth-order valence-electron chi connectivity index (χ4n) is 0. The monoisotopic (exact) mass is 166 g/mol. The van der Waals surface area contributed by atoms with E-state index in [1.165, 1.54) is 0 Å². The van der Waals surface area contributed by atoms with Gasteiger partial charge in [-0.3, -0.25) is 0 Å². The van der Waals surface area contributed by atoms with Crippen LogP contribution in [0.1, 0.15) is 0 Å². The van der Waals surface area contributed by atoms with Crippen molar-refractivity contribution in [1.29, 1.82) is 0 Å². The first-order valence-corrected chi connectivity index (χ1v) is 1.84. The van der Waals surface area contributed by atoms with Gasteiger partial charge in [-0.1, -0.05) is 0 Å². The van der Waals surface area contributed by atoms with Gasteiger partial charge in [-0.05, 0) is 0 Å². The van der Waals surface area contributed by atoms with Crippen LogP contribution in [0, 0.1) is 0 Å². The molecule has 6 heteroatoms. The summed E-state index contributed by atoms with van der Waals surface area (Å²) in [5, 5.41) is 0. The summed E-state index contributed by atoms with van der Waals surface area (Å²) in [6, 6.07) is 0. The van der Waals surface area contributed by atoms with E-state index in [-0.39, 0.29) is 23.1 Å². The second-order valence-corrected chi connectivity index (χ2v) is 0.750. The third-order valence-electron chi connectivity index (χ3n) is 0. The Labute approximate surface area is 47.0 Å². The van der Waals surface area contributed by atoms with Crippen LogP contribution in [0.25, 0.3) is 0 Å². The van der Waals surface area contributed by atoms with Crippen molar-refractivity contribution >= 4 is 26.8 Å². The molecule has 32 valence electrons. The van der Waals surface area contributed by atoms with Gasteiger partial charge in [0.1, 0.15) is 0 Å². The summed E-state index contributed by atoms with van der Waals surface area (Å²) in [6.07, 6.45) is 0. The van der Waals surface area contributed by atoms with E-state index in [4.69, 9.17) is 14.1 Å². The summed E-state index contributed by atoms with van der Waals surface area (Å²) in [6.45, 7) is 0. The molecule has 0 rings (SSSR count). The molecule has 4 nitrogen and oxygen atoms in total. The smallest absolute Gasteiger partial charge is 2.00 e. The van der Waals surface area contributed by atoms with E-state index in [1.807, 2.05) is 0 Å². The van der Waals surface area contributed by atoms with Crippen molar-refractivity contribution in [2.24, 2.45) is 0 Å². The van der Waals surface area contributed by atoms with Crippen LogP contribution in [-0.4, -0.2) is 26.8 Å². The first-order chi connectivity index (χ1) is 1.73. The molecule has 0 spiro atoms. The molecule has 0 bridgehead atoms. The molecular weight excluding hydrogens is 165 g/mol. The number of hydrogen-bond donors (Lipinski definition) is 0. The van der Waals surface area contributed by atoms with E-state index in [2.05, 4.69) is 0 Å². The average Bonchev–Trinajstić information content (AvgIpc) is 0.811. The average molecular weight is 165 g/mol. The zero-order valence-electron chi connectivity index (χ0n) is 2.63. The molecule has 0 radical (unpaired) electrons. The van der Waals surface area contributed by atoms with Crippen LogP contribution in [0.5, 0.6) is 0 Å². The minimum absolute atomic E-state index is 0. The summed E-state index contributed by atoms with van der Waals surface area (Å²) in [7, 11) is -3.63. The van der Waals surface area contributed by atoms with Gasteiger partial charge in [-0.2, -0.15) is 0 Å². The number of rotatable bonds is 0. The molecule has 0 N–H and O–H groups in total. The molecule has 0 unspecified atom stereocenters. The van der Waals surface area contributed by atoms with E-state index in [1.54, 1.807) is 0 Å². The first-order valence-electron chi connectivity index (χ1n) is 0.612. The van der Waals surface area contributed by atoms with Crippen LogP contribution in [0.4, 0.5) is 0 Å². The largest absolute Gasteiger partial charge is 4.00 e. The van der Waals surface area contributed by atoms with Crippen molar-refractivity contribution < 1.29 is 19.5 Å². The van der Waals surface area contributed by atoms with E-state index in [9.17, 15) is 0 Å². The van der Waals surface area contributed by atoms with Gasteiger partial charge in [0.05, 0.1) is 0 Å². The second-order valence-electron chi connectivity index (χ2n) is 0.250. The van der Waals surface area contributed by atoms with Gasteiger partial charge in [0.2, 0.25) is 0 Å². The molecular formula is GeO4Si. The third kappa shape index (κ3) is 2800. The van der Waals surface area contributed by atoms with Crippen LogP contribution < -0.4 is 9.59 Å². The van der Waals surface area contributed by atoms with Gasteiger partial charge in [-0.15, -0.1) is 0 Å². The summed E-state index contributed by atoms with van der Waals surface area (Å²) in [5.41, 5.74) is 0. The Balaban J connectivity index is -0.0000000450. The van der Waals surface area contributed by atoms with Crippen molar-refractivity contribution in [3.63, 3.8) is 0 Å². The maximum atomic E-state index is 8.52. The predicted molar refractivity (Wildman–Crippen MR) is 12.9 cm³/mol. The molecule has 0 aliphatic rings. The molecule has 0 amide bonds. The van der Waals surface area contributed by atoms with Crippen LogP contribution in [0.3, 0.4) is 0 Å². The van der Waals surface area contributed by atoms with Crippen molar-refractivity contribution in [2.75, 3.05) is 0 Å². The molecule has 0 saturated carbocycles. The molecule has 0 heterocycles. The summed E-state index contributed by atoms with van der Waals surface area (Å²) < 4.78 is 8.52. The quantitative estimate of drug-likeness (QED) is 0.350. The minimum Gasteiger partial charge on any atom is -2.00 e. The molecule has 0 aromatic carbocycles. The van der Waals surface area contributed by atoms with Gasteiger partial charge in [0.25, 0.3) is 0 Å². The fourth-order valence-corrected chi connectivity index (χ4v) is 0. The maximum Gasteiger partial charge on any atom is 4.00 e. The zero-order valence-corrected chi connectivity index (χ0v) is 5.73. The van der Waals surface area contributed by atoms with Crippen LogP contribution >= 0.6 is 0 Å². The molecule has 0 aromatic rings. The van der Waals surface area contributed by atoms with Gasteiger partial charge in [0, 0.05) is 9.17 Å². The van der Waals surface area contributed by atoms with E-state index < -0.39 is 9.17 Å². The predicted octanol–water partition coefficient (Wildman–Crippen LogP) is -3.38. The van der Waals surface area contributed by atoms with Crippen molar-refractivity contribution in [1.82, 2.24) is 0 Å². The summed E-state index contributed by atoms with van der Waals surface area (Å²) in [5.74, 6) is 0. The third-order valence-corrected chi connectivity index (χ3v) is 0. The maximum absolute atomic E-state index is 8.52. The van der Waals surface area contributed by atoms with Crippen LogP contribution in [0.2, 0.25) is 0 Å². The van der Waals surface area contributed by atoms with Gasteiger partial charge >= 0.3 is 17.6 Å². The molecule has 0 aromatic heterocycles. The second kappa shape index (κ2) is 8.93. The van der Waals surface area contributed by atoms with Crippen molar-refractivity contribution in [3.05, 3.63) is 0 Å². The van der Waals surface area contributed by atoms with Crippen LogP contribution in [-0.2, 0) is 9.94 Å². The molecule has 6 heavy (non-hydrogen) atoms. The Morgan fingerprint density at radius 3 is 1.33 bits per heavy atom. The molecule has 0 fully saturated rings. The van der Waals surface area contributed by atoms with E-state index in [0.29, 0.717) is 0 Å². The van der Waals surface area contributed by atoms with Crippen LogP contribution in [0.15, 0.2) is 0 Å². The van der Waals surface area contributed by atoms with Gasteiger partial charge in [-0.25, -0.2) is 0 Å². The van der Waals surface area contributed by atoms with Gasteiger partial charge in [0.15, 0.2) is 0 Å². The fraction of sp³-hybridized carbons (Fsp3) is 0. The van der Waals surface area contributed by atoms with Crippen molar-refractivity contribution in [3.8, 4) is 0 Å². The first kappa shape index (κ1) is 16.5. The normalized spacial score (nSPS) is 4.00. The van der Waals surface area contributed by atoms with Gasteiger partial charge < -0.3 is 19.5 Å². The Bertz CT molecular complexity index is 30.5. The zero-order chi connectivity index (χ0) is 3.58. The Morgan fingerprint density at radius 1 is 1.33 bits per heavy atom. The topological polar surface area (TPSA) is 91.7 Å². The molecule has 0 aliphatic heterocycles. The van der Waals surface area contributed by atoms with Crippen molar-refractivity contribution in [2.45, 2.75) is 0 Å². The van der Waals surface area contributed by atoms with E-state index in [0.717, 1.165) is 0 Å². The molecule has 0 aliphatic carbocycles. The Hall–Kier alpha value is 0.120. The SMILES string of the molecule is O=[Si]([O-])[O-].[Ge+4].[O-2]. The molecule has 0 atom stereocenters. The summed E-state index contributed by atoms with van der Waals surface area (Å²) in [4.78, 5) is 17.0. The standard InChI is InChI=1S/Ge.O3Si.O/c;1-4(2)3;/q+4;2*-2. The summed E-state index contributed by atoms with van der Waals surface area (Å²) >= 11 is 0. The Morgan fingerprint density at radius 2 is 1.33 bits per heavy atom. The van der Waals surface area contributed by atoms with E-state index >= 15 is 0 Å². The molecule has 0 saturated heterocycles. The minimum atomic E-state index is -3.63. The Kier molecular flexibility index (Phi) is 24.5.